The van der Waals surface area contributed by atoms with Gasteiger partial charge in [0.25, 0.3) is 10.0 Å². The molecule has 0 radical (unpaired) electrons. The van der Waals surface area contributed by atoms with Crippen molar-refractivity contribution in [3.05, 3.63) is 36.0 Å². The summed E-state index contributed by atoms with van der Waals surface area (Å²) in [5.74, 6) is -0.775. The summed E-state index contributed by atoms with van der Waals surface area (Å²) in [5, 5.41) is 10.8. The Morgan fingerprint density at radius 2 is 2.11 bits per heavy atom. The molecule has 3 heterocycles. The first-order valence-corrected chi connectivity index (χ1v) is 11.1. The zero-order valence-electron chi connectivity index (χ0n) is 16.3. The summed E-state index contributed by atoms with van der Waals surface area (Å²) in [7, 11) is -2.18. The van der Waals surface area contributed by atoms with E-state index in [0.29, 0.717) is 5.69 Å². The zero-order valence-corrected chi connectivity index (χ0v) is 17.1. The Morgan fingerprint density at radius 1 is 1.29 bits per heavy atom. The summed E-state index contributed by atoms with van der Waals surface area (Å²) in [6, 6.07) is 2.69. The van der Waals surface area contributed by atoms with Gasteiger partial charge in [-0.15, -0.1) is 5.10 Å². The summed E-state index contributed by atoms with van der Waals surface area (Å²) in [6.45, 7) is 3.31. The molecule has 0 aliphatic carbocycles. The van der Waals surface area contributed by atoms with Crippen molar-refractivity contribution in [2.24, 2.45) is 7.05 Å². The van der Waals surface area contributed by atoms with Gasteiger partial charge in [0.1, 0.15) is 5.82 Å². The van der Waals surface area contributed by atoms with Crippen LogP contribution in [0, 0.1) is 5.82 Å². The minimum atomic E-state index is -3.80. The second kappa shape index (κ2) is 9.06. The first kappa shape index (κ1) is 20.8. The van der Waals surface area contributed by atoms with E-state index in [2.05, 4.69) is 27.5 Å². The number of halogens is 1. The van der Waals surface area contributed by atoms with E-state index in [4.69, 9.17) is 0 Å². The first-order valence-electron chi connectivity index (χ1n) is 9.63. The van der Waals surface area contributed by atoms with E-state index in [-0.39, 0.29) is 30.1 Å². The van der Waals surface area contributed by atoms with Gasteiger partial charge in [-0.2, -0.15) is 4.31 Å². The lowest BCUT2D eigenvalue weighted by Crippen LogP contribution is -2.37. The Balaban J connectivity index is 1.79. The van der Waals surface area contributed by atoms with Gasteiger partial charge >= 0.3 is 0 Å². The minimum absolute atomic E-state index is 0.0983. The van der Waals surface area contributed by atoms with Gasteiger partial charge in [-0.3, -0.25) is 9.67 Å². The summed E-state index contributed by atoms with van der Waals surface area (Å²) in [5.41, 5.74) is 0.297. The Morgan fingerprint density at radius 3 is 2.79 bits per heavy atom. The van der Waals surface area contributed by atoms with Crippen LogP contribution in [0.2, 0.25) is 0 Å². The van der Waals surface area contributed by atoms with Gasteiger partial charge < -0.3 is 5.32 Å². The predicted molar refractivity (Wildman–Crippen MR) is 103 cm³/mol. The molecule has 1 fully saturated rings. The van der Waals surface area contributed by atoms with Crippen LogP contribution in [0.3, 0.4) is 0 Å². The molecule has 0 bridgehead atoms. The normalized spacial score (nSPS) is 20.7. The third-order valence-electron chi connectivity index (χ3n) is 5.05. The fourth-order valence-electron chi connectivity index (χ4n) is 3.53. The second-order valence-electron chi connectivity index (χ2n) is 7.15. The maximum Gasteiger partial charge on any atom is 0.264 e. The van der Waals surface area contributed by atoms with Crippen LogP contribution < -0.4 is 5.32 Å². The van der Waals surface area contributed by atoms with Gasteiger partial charge in [-0.1, -0.05) is 31.4 Å². The number of aromatic nitrogens is 4. The minimum Gasteiger partial charge on any atom is -0.312 e. The molecule has 0 saturated carbocycles. The van der Waals surface area contributed by atoms with E-state index in [9.17, 15) is 12.8 Å². The topological polar surface area (TPSA) is 93.0 Å². The Bertz CT molecular complexity index is 888. The molecule has 0 aromatic carbocycles. The lowest BCUT2D eigenvalue weighted by Gasteiger charge is -2.19. The smallest absolute Gasteiger partial charge is 0.264 e. The highest BCUT2D eigenvalue weighted by Crippen LogP contribution is 2.31. The molecule has 2 aromatic heterocycles. The maximum atomic E-state index is 14.4. The van der Waals surface area contributed by atoms with Crippen LogP contribution in [0.1, 0.15) is 44.2 Å². The number of unbranched alkanes of at least 4 members (excludes halogenated alkanes) is 3. The van der Waals surface area contributed by atoms with Gasteiger partial charge in [-0.05, 0) is 25.1 Å². The lowest BCUT2D eigenvalue weighted by atomic mass is 9.98. The Kier molecular flexibility index (Phi) is 6.73. The Hall–Kier alpha value is -1.91. The molecule has 2 atom stereocenters. The highest BCUT2D eigenvalue weighted by atomic mass is 32.2. The molecule has 0 unspecified atom stereocenters. The standard InChI is InChI=1S/C18H27FN6O2S/c1-3-4-5-6-9-20-16-12-25(28(26,27)17-13-24(2)23-22-17)11-14(16)18-15(19)8-7-10-21-18/h7-8,10,13-14,16,20H,3-6,9,11-12H2,1-2H3/t14-,16-/m1/s1. The Labute approximate surface area is 165 Å². The average molecular weight is 411 g/mol. The molecular weight excluding hydrogens is 383 g/mol. The molecule has 0 spiro atoms. The molecule has 1 aliphatic heterocycles. The number of nitrogens with zero attached hydrogens (tertiary/aromatic N) is 5. The molecule has 1 aliphatic rings. The number of hydrogen-bond donors (Lipinski definition) is 1. The highest BCUT2D eigenvalue weighted by Gasteiger charge is 2.42. The average Bonchev–Trinajstić information content (AvgIpc) is 3.29. The van der Waals surface area contributed by atoms with Crippen LogP contribution in [0.25, 0.3) is 0 Å². The third-order valence-corrected chi connectivity index (χ3v) is 6.74. The van der Waals surface area contributed by atoms with Crippen molar-refractivity contribution < 1.29 is 12.8 Å². The molecule has 10 heteroatoms. The fraction of sp³-hybridized carbons (Fsp3) is 0.611. The molecule has 154 valence electrons. The molecular formula is C18H27FN6O2S. The van der Waals surface area contributed by atoms with Crippen LogP contribution in [-0.4, -0.2) is 58.4 Å². The van der Waals surface area contributed by atoms with Crippen molar-refractivity contribution in [3.8, 4) is 0 Å². The van der Waals surface area contributed by atoms with Gasteiger partial charge in [0.15, 0.2) is 0 Å². The van der Waals surface area contributed by atoms with Gasteiger partial charge in [0.2, 0.25) is 5.03 Å². The number of sulfonamides is 1. The largest absolute Gasteiger partial charge is 0.312 e. The number of aryl methyl sites for hydroxylation is 1. The van der Waals surface area contributed by atoms with Gasteiger partial charge in [0.05, 0.1) is 11.9 Å². The monoisotopic (exact) mass is 410 g/mol. The second-order valence-corrected chi connectivity index (χ2v) is 9.04. The molecule has 28 heavy (non-hydrogen) atoms. The van der Waals surface area contributed by atoms with Gasteiger partial charge in [0, 0.05) is 38.3 Å². The van der Waals surface area contributed by atoms with Crippen molar-refractivity contribution in [3.63, 3.8) is 0 Å². The van der Waals surface area contributed by atoms with Crippen molar-refractivity contribution >= 4 is 10.0 Å². The first-order chi connectivity index (χ1) is 13.4. The molecule has 2 aromatic rings. The maximum absolute atomic E-state index is 14.4. The van der Waals surface area contributed by atoms with Crippen LogP contribution in [0.5, 0.6) is 0 Å². The van der Waals surface area contributed by atoms with E-state index in [0.717, 1.165) is 32.2 Å². The van der Waals surface area contributed by atoms with E-state index in [1.165, 1.54) is 33.5 Å². The quantitative estimate of drug-likeness (QED) is 0.632. The molecule has 3 rings (SSSR count). The predicted octanol–water partition coefficient (Wildman–Crippen LogP) is 1.68. The highest BCUT2D eigenvalue weighted by molar-refractivity contribution is 7.89. The van der Waals surface area contributed by atoms with E-state index < -0.39 is 15.8 Å². The van der Waals surface area contributed by atoms with Gasteiger partial charge in [-0.25, -0.2) is 12.8 Å². The van der Waals surface area contributed by atoms with E-state index in [1.54, 1.807) is 7.05 Å². The molecule has 1 saturated heterocycles. The summed E-state index contributed by atoms with van der Waals surface area (Å²) >= 11 is 0. The van der Waals surface area contributed by atoms with Crippen molar-refractivity contribution in [2.75, 3.05) is 19.6 Å². The fourth-order valence-corrected chi connectivity index (χ4v) is 4.94. The van der Waals surface area contributed by atoms with Crippen molar-refractivity contribution in [1.29, 1.82) is 0 Å². The third kappa shape index (κ3) is 4.56. The molecule has 0 amide bonds. The molecule has 8 nitrogen and oxygen atoms in total. The number of rotatable bonds is 9. The summed E-state index contributed by atoms with van der Waals surface area (Å²) < 4.78 is 42.9. The van der Waals surface area contributed by atoms with Crippen molar-refractivity contribution in [2.45, 2.75) is 49.6 Å². The van der Waals surface area contributed by atoms with E-state index in [1.807, 2.05) is 0 Å². The van der Waals surface area contributed by atoms with Crippen LogP contribution in [0.15, 0.2) is 29.6 Å². The zero-order chi connectivity index (χ0) is 20.1. The summed E-state index contributed by atoms with van der Waals surface area (Å²) in [6.07, 6.45) is 7.33. The van der Waals surface area contributed by atoms with Crippen LogP contribution >= 0.6 is 0 Å². The number of pyridine rings is 1. The van der Waals surface area contributed by atoms with Crippen LogP contribution in [-0.2, 0) is 17.1 Å². The SMILES string of the molecule is CCCCCCN[C@@H]1CN(S(=O)(=O)c2cn(C)nn2)C[C@H]1c1ncccc1F. The van der Waals surface area contributed by atoms with E-state index >= 15 is 0 Å². The number of hydrogen-bond acceptors (Lipinski definition) is 6. The number of nitrogens with one attached hydrogen (secondary N) is 1. The lowest BCUT2D eigenvalue weighted by molar-refractivity contribution is 0.448. The van der Waals surface area contributed by atoms with Crippen molar-refractivity contribution in [1.82, 2.24) is 29.6 Å². The molecule has 1 N–H and O–H groups in total. The summed E-state index contributed by atoms with van der Waals surface area (Å²) in [4.78, 5) is 4.19. The van der Waals surface area contributed by atoms with Crippen LogP contribution in [0.4, 0.5) is 4.39 Å².